The summed E-state index contributed by atoms with van der Waals surface area (Å²) in [6.07, 6.45) is 0. The predicted octanol–water partition coefficient (Wildman–Crippen LogP) is 3.87. The Hall–Kier alpha value is -2.63. The Balaban J connectivity index is 1.73. The maximum atomic E-state index is 13.6. The first-order valence-electron chi connectivity index (χ1n) is 10.8. The van der Waals surface area contributed by atoms with Gasteiger partial charge >= 0.3 is 0 Å². The van der Waals surface area contributed by atoms with E-state index in [2.05, 4.69) is 22.8 Å². The minimum Gasteiger partial charge on any atom is -0.364 e. The number of hydrogen-bond acceptors (Lipinski definition) is 4. The summed E-state index contributed by atoms with van der Waals surface area (Å²) >= 11 is 6.00. The van der Waals surface area contributed by atoms with Crippen LogP contribution >= 0.6 is 11.6 Å². The van der Waals surface area contributed by atoms with Gasteiger partial charge in [-0.15, -0.1) is 0 Å². The van der Waals surface area contributed by atoms with Gasteiger partial charge in [-0.3, -0.25) is 14.5 Å². The summed E-state index contributed by atoms with van der Waals surface area (Å²) in [6, 6.07) is 13.3. The van der Waals surface area contributed by atoms with Gasteiger partial charge in [0.1, 0.15) is 5.70 Å². The van der Waals surface area contributed by atoms with Gasteiger partial charge in [-0.1, -0.05) is 54.4 Å². The van der Waals surface area contributed by atoms with E-state index in [9.17, 15) is 9.59 Å². The molecule has 1 fully saturated rings. The first-order valence-corrected chi connectivity index (χ1v) is 11.2. The Kier molecular flexibility index (Phi) is 6.17. The minimum absolute atomic E-state index is 0.208. The predicted molar refractivity (Wildman–Crippen MR) is 124 cm³/mol. The number of imide groups is 1. The van der Waals surface area contributed by atoms with E-state index in [4.69, 9.17) is 11.6 Å². The zero-order valence-electron chi connectivity index (χ0n) is 18.3. The molecule has 0 spiro atoms. The summed E-state index contributed by atoms with van der Waals surface area (Å²) in [5.74, 6) is -0.431. The molecule has 2 aromatic rings. The van der Waals surface area contributed by atoms with Crippen LogP contribution in [0.3, 0.4) is 0 Å². The lowest BCUT2D eigenvalue weighted by Gasteiger charge is -2.36. The second kappa shape index (κ2) is 8.85. The third kappa shape index (κ3) is 4.25. The van der Waals surface area contributed by atoms with Crippen LogP contribution in [0.4, 0.5) is 0 Å². The lowest BCUT2D eigenvalue weighted by atomic mass is 9.97. The minimum atomic E-state index is -0.222. The molecule has 0 aliphatic carbocycles. The lowest BCUT2D eigenvalue weighted by Crippen LogP contribution is -2.47. The van der Waals surface area contributed by atoms with Gasteiger partial charge in [0, 0.05) is 31.2 Å². The van der Waals surface area contributed by atoms with E-state index in [-0.39, 0.29) is 18.4 Å². The molecule has 0 unspecified atom stereocenters. The van der Waals surface area contributed by atoms with Gasteiger partial charge in [-0.2, -0.15) is 0 Å². The molecule has 6 heteroatoms. The largest absolute Gasteiger partial charge is 0.364 e. The van der Waals surface area contributed by atoms with E-state index in [1.54, 1.807) is 12.1 Å². The number of likely N-dealkylation sites (N-methyl/N-ethyl adjacent to an activating group) is 1. The molecular formula is C25H28ClN3O2. The molecule has 162 valence electrons. The van der Waals surface area contributed by atoms with Crippen molar-refractivity contribution < 1.29 is 9.59 Å². The van der Waals surface area contributed by atoms with Crippen LogP contribution in [0.1, 0.15) is 29.2 Å². The molecule has 2 aromatic carbocycles. The second-order valence-corrected chi connectivity index (χ2v) is 8.72. The standard InChI is InChI=1S/C25H28ClN3O2/c1-4-27-11-13-28(14-12-27)23-22(21-10-5-17(2)15-18(21)3)24(30)29(25(23)31)16-19-6-8-20(26)9-7-19/h5-10,15H,4,11-14,16H2,1-3H3. The Labute approximate surface area is 188 Å². The Morgan fingerprint density at radius 2 is 1.58 bits per heavy atom. The number of amides is 2. The van der Waals surface area contributed by atoms with Gasteiger partial charge in [-0.25, -0.2) is 0 Å². The number of piperazine rings is 1. The number of rotatable bonds is 5. The highest BCUT2D eigenvalue weighted by Gasteiger charge is 2.42. The molecule has 2 aliphatic rings. The number of benzene rings is 2. The number of carbonyl (C=O) groups excluding carboxylic acids is 2. The summed E-state index contributed by atoms with van der Waals surface area (Å²) in [6.45, 7) is 10.7. The highest BCUT2D eigenvalue weighted by atomic mass is 35.5. The fourth-order valence-corrected chi connectivity index (χ4v) is 4.52. The molecule has 31 heavy (non-hydrogen) atoms. The van der Waals surface area contributed by atoms with Gasteiger partial charge in [0.15, 0.2) is 0 Å². The van der Waals surface area contributed by atoms with E-state index in [0.717, 1.165) is 55.0 Å². The molecule has 2 heterocycles. The van der Waals surface area contributed by atoms with Crippen molar-refractivity contribution in [1.29, 1.82) is 0 Å². The number of halogens is 1. The van der Waals surface area contributed by atoms with E-state index in [1.165, 1.54) is 4.90 Å². The summed E-state index contributed by atoms with van der Waals surface area (Å²) in [7, 11) is 0. The van der Waals surface area contributed by atoms with Crippen molar-refractivity contribution in [3.8, 4) is 0 Å². The van der Waals surface area contributed by atoms with Gasteiger partial charge < -0.3 is 9.80 Å². The molecule has 2 amide bonds. The van der Waals surface area contributed by atoms with Crippen molar-refractivity contribution in [2.24, 2.45) is 0 Å². The Bertz CT molecular complexity index is 1040. The SMILES string of the molecule is CCN1CCN(C2=C(c3ccc(C)cc3C)C(=O)N(Cc3ccc(Cl)cc3)C2=O)CC1. The highest BCUT2D eigenvalue weighted by Crippen LogP contribution is 2.35. The second-order valence-electron chi connectivity index (χ2n) is 8.29. The van der Waals surface area contributed by atoms with E-state index >= 15 is 0 Å². The van der Waals surface area contributed by atoms with Crippen LogP contribution in [0.2, 0.25) is 5.02 Å². The van der Waals surface area contributed by atoms with Crippen LogP contribution in [-0.2, 0) is 16.1 Å². The van der Waals surface area contributed by atoms with E-state index in [1.807, 2.05) is 38.1 Å². The van der Waals surface area contributed by atoms with Gasteiger partial charge in [0.05, 0.1) is 12.1 Å². The first kappa shape index (κ1) is 21.6. The van der Waals surface area contributed by atoms with Crippen LogP contribution in [0.5, 0.6) is 0 Å². The molecule has 0 bridgehead atoms. The molecule has 1 saturated heterocycles. The van der Waals surface area contributed by atoms with Crippen LogP contribution < -0.4 is 0 Å². The molecule has 0 N–H and O–H groups in total. The van der Waals surface area contributed by atoms with Gasteiger partial charge in [-0.05, 0) is 49.2 Å². The van der Waals surface area contributed by atoms with Crippen molar-refractivity contribution in [2.75, 3.05) is 32.7 Å². The van der Waals surface area contributed by atoms with E-state index < -0.39 is 0 Å². The molecule has 5 nitrogen and oxygen atoms in total. The van der Waals surface area contributed by atoms with Gasteiger partial charge in [0.2, 0.25) is 0 Å². The normalized spacial score (nSPS) is 17.8. The fourth-order valence-electron chi connectivity index (χ4n) is 4.40. The molecule has 0 aromatic heterocycles. The van der Waals surface area contributed by atoms with Gasteiger partial charge in [0.25, 0.3) is 11.8 Å². The summed E-state index contributed by atoms with van der Waals surface area (Å²) in [5, 5.41) is 0.631. The Morgan fingerprint density at radius 1 is 0.903 bits per heavy atom. The molecule has 0 saturated carbocycles. The van der Waals surface area contributed by atoms with Crippen molar-refractivity contribution in [2.45, 2.75) is 27.3 Å². The summed E-state index contributed by atoms with van der Waals surface area (Å²) in [5.41, 5.74) is 4.94. The third-order valence-electron chi connectivity index (χ3n) is 6.18. The molecule has 0 atom stereocenters. The topological polar surface area (TPSA) is 43.9 Å². The maximum Gasteiger partial charge on any atom is 0.278 e. The highest BCUT2D eigenvalue weighted by molar-refractivity contribution is 6.35. The van der Waals surface area contributed by atoms with Crippen molar-refractivity contribution in [3.05, 3.63) is 75.4 Å². The molecule has 2 aliphatic heterocycles. The van der Waals surface area contributed by atoms with E-state index in [0.29, 0.717) is 16.3 Å². The van der Waals surface area contributed by atoms with Crippen LogP contribution in [0.15, 0.2) is 48.2 Å². The van der Waals surface area contributed by atoms with Crippen LogP contribution in [0.25, 0.3) is 5.57 Å². The van der Waals surface area contributed by atoms with Crippen LogP contribution in [0, 0.1) is 13.8 Å². The number of aryl methyl sites for hydroxylation is 2. The van der Waals surface area contributed by atoms with Crippen LogP contribution in [-0.4, -0.2) is 59.2 Å². The average molecular weight is 438 g/mol. The van der Waals surface area contributed by atoms with Crippen molar-refractivity contribution >= 4 is 29.0 Å². The smallest absolute Gasteiger partial charge is 0.278 e. The van der Waals surface area contributed by atoms with Crippen molar-refractivity contribution in [1.82, 2.24) is 14.7 Å². The first-order chi connectivity index (χ1) is 14.9. The quantitative estimate of drug-likeness (QED) is 0.666. The zero-order valence-corrected chi connectivity index (χ0v) is 19.1. The monoisotopic (exact) mass is 437 g/mol. The Morgan fingerprint density at radius 3 is 2.19 bits per heavy atom. The lowest BCUT2D eigenvalue weighted by molar-refractivity contribution is -0.138. The number of nitrogens with zero attached hydrogens (tertiary/aromatic N) is 3. The maximum absolute atomic E-state index is 13.6. The molecular weight excluding hydrogens is 410 g/mol. The number of carbonyl (C=O) groups is 2. The summed E-state index contributed by atoms with van der Waals surface area (Å²) < 4.78 is 0. The fraction of sp³-hybridized carbons (Fsp3) is 0.360. The summed E-state index contributed by atoms with van der Waals surface area (Å²) in [4.78, 5) is 33.0. The van der Waals surface area contributed by atoms with Crippen molar-refractivity contribution in [3.63, 3.8) is 0 Å². The molecule has 0 radical (unpaired) electrons. The number of hydrogen-bond donors (Lipinski definition) is 0. The molecule has 4 rings (SSSR count). The third-order valence-corrected chi connectivity index (χ3v) is 6.44. The zero-order chi connectivity index (χ0) is 22.1. The average Bonchev–Trinajstić information content (AvgIpc) is 3.00.